The van der Waals surface area contributed by atoms with E-state index in [4.69, 9.17) is 11.6 Å². The summed E-state index contributed by atoms with van der Waals surface area (Å²) in [6.07, 6.45) is 0. The monoisotopic (exact) mass is 299 g/mol. The third-order valence-corrected chi connectivity index (χ3v) is 3.50. The van der Waals surface area contributed by atoms with Gasteiger partial charge in [-0.05, 0) is 25.1 Å². The number of aromatic nitrogens is 3. The molecule has 0 fully saturated rings. The zero-order valence-corrected chi connectivity index (χ0v) is 12.3. The van der Waals surface area contributed by atoms with Gasteiger partial charge in [0.1, 0.15) is 0 Å². The molecule has 0 aliphatic rings. The van der Waals surface area contributed by atoms with Crippen LogP contribution in [0, 0.1) is 0 Å². The highest BCUT2D eigenvalue weighted by atomic mass is 35.5. The molecule has 0 saturated heterocycles. The summed E-state index contributed by atoms with van der Waals surface area (Å²) in [7, 11) is 0. The van der Waals surface area contributed by atoms with Crippen molar-refractivity contribution in [3.8, 4) is 17.1 Å². The van der Waals surface area contributed by atoms with Gasteiger partial charge in [0.15, 0.2) is 5.82 Å². The fourth-order valence-electron chi connectivity index (χ4n) is 2.26. The quantitative estimate of drug-likeness (QED) is 0.744. The van der Waals surface area contributed by atoms with Crippen LogP contribution in [0.25, 0.3) is 17.1 Å². The maximum atomic E-state index is 12.5. The standard InChI is InChI=1S/C16H14ClN3O/c1-2-19-15(12-7-4-3-5-8-12)18-20(16(19)21)14-10-6-9-13(17)11-14/h3-11H,2H2,1H3. The molecule has 1 heterocycles. The van der Waals surface area contributed by atoms with Gasteiger partial charge in [0.05, 0.1) is 5.69 Å². The average Bonchev–Trinajstić information content (AvgIpc) is 2.85. The summed E-state index contributed by atoms with van der Waals surface area (Å²) in [5.41, 5.74) is 1.41. The second-order valence-corrected chi connectivity index (χ2v) is 5.04. The Labute approximate surface area is 127 Å². The topological polar surface area (TPSA) is 39.8 Å². The van der Waals surface area contributed by atoms with E-state index in [0.29, 0.717) is 23.1 Å². The normalized spacial score (nSPS) is 10.8. The van der Waals surface area contributed by atoms with E-state index in [1.165, 1.54) is 4.68 Å². The summed E-state index contributed by atoms with van der Waals surface area (Å²) in [4.78, 5) is 12.5. The molecule has 0 atom stereocenters. The van der Waals surface area contributed by atoms with Crippen LogP contribution in [-0.2, 0) is 6.54 Å². The molecule has 106 valence electrons. The zero-order valence-electron chi connectivity index (χ0n) is 11.5. The van der Waals surface area contributed by atoms with Gasteiger partial charge in [0.25, 0.3) is 0 Å². The first-order valence-electron chi connectivity index (χ1n) is 6.72. The van der Waals surface area contributed by atoms with Crippen LogP contribution in [0.3, 0.4) is 0 Å². The van der Waals surface area contributed by atoms with Crippen molar-refractivity contribution in [1.82, 2.24) is 14.3 Å². The van der Waals surface area contributed by atoms with E-state index >= 15 is 0 Å². The minimum atomic E-state index is -0.168. The van der Waals surface area contributed by atoms with E-state index in [2.05, 4.69) is 5.10 Å². The minimum Gasteiger partial charge on any atom is -0.275 e. The number of halogens is 1. The molecule has 0 bridgehead atoms. The molecule has 3 rings (SSSR count). The number of rotatable bonds is 3. The highest BCUT2D eigenvalue weighted by molar-refractivity contribution is 6.30. The highest BCUT2D eigenvalue weighted by Gasteiger charge is 2.14. The van der Waals surface area contributed by atoms with Crippen LogP contribution in [0.5, 0.6) is 0 Å². The van der Waals surface area contributed by atoms with E-state index in [1.54, 1.807) is 22.8 Å². The molecular formula is C16H14ClN3O. The Hall–Kier alpha value is -2.33. The lowest BCUT2D eigenvalue weighted by molar-refractivity contribution is 0.716. The fraction of sp³-hybridized carbons (Fsp3) is 0.125. The Kier molecular flexibility index (Phi) is 3.62. The molecule has 5 heteroatoms. The van der Waals surface area contributed by atoms with Crippen molar-refractivity contribution in [3.05, 3.63) is 70.1 Å². The molecule has 0 saturated carbocycles. The van der Waals surface area contributed by atoms with Gasteiger partial charge in [-0.2, -0.15) is 4.68 Å². The molecule has 0 spiro atoms. The second kappa shape index (κ2) is 5.58. The van der Waals surface area contributed by atoms with Crippen LogP contribution in [0.2, 0.25) is 5.02 Å². The highest BCUT2D eigenvalue weighted by Crippen LogP contribution is 2.18. The molecule has 0 unspecified atom stereocenters. The van der Waals surface area contributed by atoms with Gasteiger partial charge in [0.2, 0.25) is 0 Å². The zero-order chi connectivity index (χ0) is 14.8. The molecule has 3 aromatic rings. The molecule has 0 aliphatic carbocycles. The number of benzene rings is 2. The smallest absolute Gasteiger partial charge is 0.275 e. The lowest BCUT2D eigenvalue weighted by Gasteiger charge is -2.00. The molecular weight excluding hydrogens is 286 g/mol. The van der Waals surface area contributed by atoms with E-state index in [9.17, 15) is 4.79 Å². The van der Waals surface area contributed by atoms with Gasteiger partial charge in [-0.1, -0.05) is 48.0 Å². The number of hydrogen-bond donors (Lipinski definition) is 0. The van der Waals surface area contributed by atoms with E-state index in [1.807, 2.05) is 43.3 Å². The van der Waals surface area contributed by atoms with Gasteiger partial charge in [0, 0.05) is 17.1 Å². The third-order valence-electron chi connectivity index (χ3n) is 3.26. The van der Waals surface area contributed by atoms with Crippen LogP contribution in [0.4, 0.5) is 0 Å². The second-order valence-electron chi connectivity index (χ2n) is 4.61. The SMILES string of the molecule is CCn1c(-c2ccccc2)nn(-c2cccc(Cl)c2)c1=O. The van der Waals surface area contributed by atoms with Crippen molar-refractivity contribution < 1.29 is 0 Å². The molecule has 21 heavy (non-hydrogen) atoms. The van der Waals surface area contributed by atoms with E-state index < -0.39 is 0 Å². The summed E-state index contributed by atoms with van der Waals surface area (Å²) in [6.45, 7) is 2.49. The predicted octanol–water partition coefficient (Wildman–Crippen LogP) is 3.37. The van der Waals surface area contributed by atoms with Gasteiger partial charge in [-0.3, -0.25) is 4.57 Å². The van der Waals surface area contributed by atoms with Crippen LogP contribution in [0.15, 0.2) is 59.4 Å². The molecule has 2 aromatic carbocycles. The van der Waals surface area contributed by atoms with Gasteiger partial charge >= 0.3 is 5.69 Å². The molecule has 0 N–H and O–H groups in total. The Bertz CT molecular complexity index is 821. The maximum Gasteiger partial charge on any atom is 0.350 e. The van der Waals surface area contributed by atoms with Gasteiger partial charge in [-0.15, -0.1) is 5.10 Å². The van der Waals surface area contributed by atoms with E-state index in [-0.39, 0.29) is 5.69 Å². The molecule has 0 amide bonds. The van der Waals surface area contributed by atoms with E-state index in [0.717, 1.165) is 5.56 Å². The Balaban J connectivity index is 2.21. The maximum absolute atomic E-state index is 12.5. The first-order valence-corrected chi connectivity index (χ1v) is 7.09. The Morgan fingerprint density at radius 1 is 1.10 bits per heavy atom. The van der Waals surface area contributed by atoms with Crippen LogP contribution >= 0.6 is 11.6 Å². The summed E-state index contributed by atoms with van der Waals surface area (Å²) < 4.78 is 3.04. The molecule has 0 aliphatic heterocycles. The Morgan fingerprint density at radius 2 is 1.86 bits per heavy atom. The average molecular weight is 300 g/mol. The summed E-state index contributed by atoms with van der Waals surface area (Å²) in [5.74, 6) is 0.656. The largest absolute Gasteiger partial charge is 0.350 e. The molecule has 0 radical (unpaired) electrons. The van der Waals surface area contributed by atoms with Crippen LogP contribution < -0.4 is 5.69 Å². The lowest BCUT2D eigenvalue weighted by atomic mass is 10.2. The van der Waals surface area contributed by atoms with Crippen molar-refractivity contribution in [2.24, 2.45) is 0 Å². The van der Waals surface area contributed by atoms with Crippen molar-refractivity contribution in [2.45, 2.75) is 13.5 Å². The summed E-state index contributed by atoms with van der Waals surface area (Å²) >= 11 is 5.99. The number of nitrogens with zero attached hydrogens (tertiary/aromatic N) is 3. The minimum absolute atomic E-state index is 0.168. The van der Waals surface area contributed by atoms with Crippen LogP contribution in [0.1, 0.15) is 6.92 Å². The fourth-order valence-corrected chi connectivity index (χ4v) is 2.44. The van der Waals surface area contributed by atoms with Crippen molar-refractivity contribution in [3.63, 3.8) is 0 Å². The lowest BCUT2D eigenvalue weighted by Crippen LogP contribution is -2.23. The van der Waals surface area contributed by atoms with Gasteiger partial charge in [-0.25, -0.2) is 4.79 Å². The predicted molar refractivity (Wildman–Crippen MR) is 83.9 cm³/mol. The summed E-state index contributed by atoms with van der Waals surface area (Å²) in [6, 6.07) is 16.8. The third kappa shape index (κ3) is 2.50. The molecule has 4 nitrogen and oxygen atoms in total. The van der Waals surface area contributed by atoms with Crippen molar-refractivity contribution in [1.29, 1.82) is 0 Å². The molecule has 1 aromatic heterocycles. The van der Waals surface area contributed by atoms with Crippen LogP contribution in [-0.4, -0.2) is 14.3 Å². The first-order chi connectivity index (χ1) is 10.2. The summed E-state index contributed by atoms with van der Waals surface area (Å²) in [5, 5.41) is 5.05. The van der Waals surface area contributed by atoms with Crippen molar-refractivity contribution >= 4 is 11.6 Å². The van der Waals surface area contributed by atoms with Crippen molar-refractivity contribution in [2.75, 3.05) is 0 Å². The Morgan fingerprint density at radius 3 is 2.52 bits per heavy atom. The number of hydrogen-bond acceptors (Lipinski definition) is 2. The first kappa shape index (κ1) is 13.6. The van der Waals surface area contributed by atoms with Gasteiger partial charge < -0.3 is 0 Å².